The number of phenols is 2. The van der Waals surface area contributed by atoms with E-state index >= 15 is 0 Å². The van der Waals surface area contributed by atoms with Gasteiger partial charge in [0.25, 0.3) is 0 Å². The van der Waals surface area contributed by atoms with Crippen molar-refractivity contribution in [2.45, 2.75) is 6.92 Å². The van der Waals surface area contributed by atoms with Crippen LogP contribution in [0, 0.1) is 0 Å². The monoisotopic (exact) mass is 251 g/mol. The standard InChI is InChI=1S/C10H9N3O3S/c1-5(14)11-10-13-12-9(17-10)6-2-3-7(15)8(16)4-6/h2-4,15-16H,1H3,(H,11,13,14). The zero-order valence-electron chi connectivity index (χ0n) is 8.84. The molecule has 17 heavy (non-hydrogen) atoms. The lowest BCUT2D eigenvalue weighted by Crippen LogP contribution is -2.04. The lowest BCUT2D eigenvalue weighted by Gasteiger charge is -1.98. The van der Waals surface area contributed by atoms with Crippen molar-refractivity contribution in [3.05, 3.63) is 18.2 Å². The number of anilines is 1. The van der Waals surface area contributed by atoms with Gasteiger partial charge in [0, 0.05) is 12.5 Å². The highest BCUT2D eigenvalue weighted by Gasteiger charge is 2.09. The minimum absolute atomic E-state index is 0.194. The SMILES string of the molecule is CC(=O)Nc1nnc(-c2ccc(O)c(O)c2)s1. The van der Waals surface area contributed by atoms with Crippen LogP contribution in [-0.2, 0) is 4.79 Å². The average Bonchev–Trinajstić information content (AvgIpc) is 2.69. The molecule has 6 nitrogen and oxygen atoms in total. The number of nitrogens with one attached hydrogen (secondary N) is 1. The lowest BCUT2D eigenvalue weighted by molar-refractivity contribution is -0.114. The van der Waals surface area contributed by atoms with E-state index in [1.54, 1.807) is 6.07 Å². The minimum atomic E-state index is -0.223. The number of aromatic hydroxyl groups is 2. The number of hydrogen-bond acceptors (Lipinski definition) is 6. The molecule has 0 bridgehead atoms. The van der Waals surface area contributed by atoms with Crippen molar-refractivity contribution in [3.63, 3.8) is 0 Å². The highest BCUT2D eigenvalue weighted by atomic mass is 32.1. The third-order valence-corrected chi connectivity index (χ3v) is 2.82. The Morgan fingerprint density at radius 1 is 1.29 bits per heavy atom. The Balaban J connectivity index is 2.30. The number of nitrogens with zero attached hydrogens (tertiary/aromatic N) is 2. The van der Waals surface area contributed by atoms with Gasteiger partial charge in [0.2, 0.25) is 11.0 Å². The molecule has 7 heteroatoms. The molecule has 1 amide bonds. The first-order valence-electron chi connectivity index (χ1n) is 4.69. The molecule has 0 aliphatic heterocycles. The summed E-state index contributed by atoms with van der Waals surface area (Å²) in [5.41, 5.74) is 0.620. The van der Waals surface area contributed by atoms with Crippen LogP contribution < -0.4 is 5.32 Å². The van der Waals surface area contributed by atoms with Gasteiger partial charge >= 0.3 is 0 Å². The number of hydrogen-bond donors (Lipinski definition) is 3. The molecule has 1 heterocycles. The molecule has 0 radical (unpaired) electrons. The summed E-state index contributed by atoms with van der Waals surface area (Å²) in [5, 5.41) is 29.6. The van der Waals surface area contributed by atoms with Gasteiger partial charge in [0.1, 0.15) is 5.01 Å². The summed E-state index contributed by atoms with van der Waals surface area (Å²) >= 11 is 1.18. The normalized spacial score (nSPS) is 10.2. The number of carbonyl (C=O) groups excluding carboxylic acids is 1. The maximum absolute atomic E-state index is 10.8. The van der Waals surface area contributed by atoms with Gasteiger partial charge in [-0.15, -0.1) is 10.2 Å². The maximum Gasteiger partial charge on any atom is 0.223 e. The van der Waals surface area contributed by atoms with Crippen LogP contribution in [0.5, 0.6) is 11.5 Å². The van der Waals surface area contributed by atoms with Gasteiger partial charge in [-0.25, -0.2) is 0 Å². The van der Waals surface area contributed by atoms with Gasteiger partial charge in [-0.05, 0) is 18.2 Å². The summed E-state index contributed by atoms with van der Waals surface area (Å²) in [7, 11) is 0. The quantitative estimate of drug-likeness (QED) is 0.704. The van der Waals surface area contributed by atoms with Gasteiger partial charge in [-0.3, -0.25) is 4.79 Å². The molecular formula is C10H9N3O3S. The molecule has 0 atom stereocenters. The summed E-state index contributed by atoms with van der Waals surface area (Å²) in [6.45, 7) is 1.38. The van der Waals surface area contributed by atoms with Crippen molar-refractivity contribution in [2.75, 3.05) is 5.32 Å². The van der Waals surface area contributed by atoms with Crippen molar-refractivity contribution in [1.82, 2.24) is 10.2 Å². The molecule has 88 valence electrons. The topological polar surface area (TPSA) is 95.3 Å². The lowest BCUT2D eigenvalue weighted by atomic mass is 10.2. The molecule has 0 unspecified atom stereocenters. The van der Waals surface area contributed by atoms with Crippen LogP contribution in [0.25, 0.3) is 10.6 Å². The van der Waals surface area contributed by atoms with Crippen LogP contribution in [0.15, 0.2) is 18.2 Å². The Labute approximate surface area is 101 Å². The van der Waals surface area contributed by atoms with Gasteiger partial charge in [-0.1, -0.05) is 11.3 Å². The van der Waals surface area contributed by atoms with Crippen LogP contribution in [-0.4, -0.2) is 26.3 Å². The molecule has 0 spiro atoms. The Morgan fingerprint density at radius 3 is 2.71 bits per heavy atom. The first-order chi connectivity index (χ1) is 8.06. The molecule has 3 N–H and O–H groups in total. The minimum Gasteiger partial charge on any atom is -0.504 e. The summed E-state index contributed by atoms with van der Waals surface area (Å²) in [6, 6.07) is 4.35. The van der Waals surface area contributed by atoms with E-state index in [9.17, 15) is 15.0 Å². The average molecular weight is 251 g/mol. The van der Waals surface area contributed by atoms with Crippen LogP contribution >= 0.6 is 11.3 Å². The van der Waals surface area contributed by atoms with Crippen LogP contribution in [0.1, 0.15) is 6.92 Å². The maximum atomic E-state index is 10.8. The van der Waals surface area contributed by atoms with Crippen molar-refractivity contribution >= 4 is 22.4 Å². The fourth-order valence-electron chi connectivity index (χ4n) is 1.20. The van der Waals surface area contributed by atoms with E-state index in [1.165, 1.54) is 30.4 Å². The second kappa shape index (κ2) is 4.38. The third kappa shape index (κ3) is 2.51. The van der Waals surface area contributed by atoms with Crippen molar-refractivity contribution in [1.29, 1.82) is 0 Å². The summed E-state index contributed by atoms with van der Waals surface area (Å²) in [6.07, 6.45) is 0. The molecule has 0 saturated carbocycles. The Hall–Kier alpha value is -2.15. The summed E-state index contributed by atoms with van der Waals surface area (Å²) in [4.78, 5) is 10.8. The van der Waals surface area contributed by atoms with Crippen LogP contribution in [0.3, 0.4) is 0 Å². The zero-order chi connectivity index (χ0) is 12.4. The van der Waals surface area contributed by atoms with E-state index in [-0.39, 0.29) is 17.4 Å². The van der Waals surface area contributed by atoms with E-state index in [4.69, 9.17) is 0 Å². The van der Waals surface area contributed by atoms with Crippen LogP contribution in [0.4, 0.5) is 5.13 Å². The summed E-state index contributed by atoms with van der Waals surface area (Å²) in [5.74, 6) is -0.639. The van der Waals surface area contributed by atoms with E-state index in [0.717, 1.165) is 0 Å². The van der Waals surface area contributed by atoms with E-state index in [1.807, 2.05) is 0 Å². The molecule has 0 aliphatic carbocycles. The Bertz CT molecular complexity index is 568. The fraction of sp³-hybridized carbons (Fsp3) is 0.100. The first-order valence-corrected chi connectivity index (χ1v) is 5.51. The molecule has 0 saturated heterocycles. The predicted molar refractivity (Wildman–Crippen MR) is 63.0 cm³/mol. The predicted octanol–water partition coefficient (Wildman–Crippen LogP) is 1.57. The zero-order valence-corrected chi connectivity index (χ0v) is 9.65. The molecule has 1 aromatic heterocycles. The highest BCUT2D eigenvalue weighted by molar-refractivity contribution is 7.18. The molecule has 1 aromatic carbocycles. The smallest absolute Gasteiger partial charge is 0.223 e. The van der Waals surface area contributed by atoms with Crippen LogP contribution in [0.2, 0.25) is 0 Å². The Morgan fingerprint density at radius 2 is 2.06 bits per heavy atom. The number of benzene rings is 1. The molecular weight excluding hydrogens is 242 g/mol. The largest absolute Gasteiger partial charge is 0.504 e. The Kier molecular flexibility index (Phi) is 2.92. The van der Waals surface area contributed by atoms with Crippen molar-refractivity contribution < 1.29 is 15.0 Å². The number of amides is 1. The third-order valence-electron chi connectivity index (χ3n) is 1.93. The number of phenolic OH excluding ortho intramolecular Hbond substituents is 2. The second-order valence-corrected chi connectivity index (χ2v) is 4.27. The number of carbonyl (C=O) groups is 1. The van der Waals surface area contributed by atoms with Crippen molar-refractivity contribution in [3.8, 4) is 22.1 Å². The molecule has 2 rings (SSSR count). The highest BCUT2D eigenvalue weighted by Crippen LogP contribution is 2.32. The number of aromatic nitrogens is 2. The molecule has 0 fully saturated rings. The van der Waals surface area contributed by atoms with Gasteiger partial charge < -0.3 is 15.5 Å². The van der Waals surface area contributed by atoms with Gasteiger partial charge in [0.05, 0.1) is 0 Å². The van der Waals surface area contributed by atoms with Gasteiger partial charge in [-0.2, -0.15) is 0 Å². The molecule has 2 aromatic rings. The number of rotatable bonds is 2. The summed E-state index contributed by atoms with van der Waals surface area (Å²) < 4.78 is 0. The van der Waals surface area contributed by atoms with E-state index in [0.29, 0.717) is 15.7 Å². The molecule has 0 aliphatic rings. The van der Waals surface area contributed by atoms with Crippen molar-refractivity contribution in [2.24, 2.45) is 0 Å². The van der Waals surface area contributed by atoms with Gasteiger partial charge in [0.15, 0.2) is 11.5 Å². The first kappa shape index (κ1) is 11.3. The van der Waals surface area contributed by atoms with E-state index < -0.39 is 0 Å². The van der Waals surface area contributed by atoms with E-state index in [2.05, 4.69) is 15.5 Å². The fourth-order valence-corrected chi connectivity index (χ4v) is 1.98. The second-order valence-electron chi connectivity index (χ2n) is 3.30.